The summed E-state index contributed by atoms with van der Waals surface area (Å²) in [5.41, 5.74) is 10.8. The molecule has 3 aromatic rings. The third-order valence-corrected chi connectivity index (χ3v) is 10.2. The zero-order valence-corrected chi connectivity index (χ0v) is 30.1. The number of hydrazine groups is 1. The summed E-state index contributed by atoms with van der Waals surface area (Å²) in [5, 5.41) is 8.47. The number of fused-ring (bicyclic) bond motifs is 1. The Morgan fingerprint density at radius 3 is 2.04 bits per heavy atom. The molecule has 0 fully saturated rings. The second-order valence-corrected chi connectivity index (χ2v) is 14.9. The SMILES string of the molecule is CN(CCCCCC(=O)NCCN)c1ccc(NNc2ccc(N=c3cc(S(=O)(=O)O)c(=N)c4c(=O)c5ccccc5c(=O)c3=4)c(S(=O)(=O)O)c2)cc1. The second-order valence-electron chi connectivity index (χ2n) is 12.1. The van der Waals surface area contributed by atoms with Crippen LogP contribution in [0.1, 0.15) is 25.7 Å². The van der Waals surface area contributed by atoms with Crippen molar-refractivity contribution in [3.05, 3.63) is 114 Å². The molecule has 8 N–H and O–H groups in total. The van der Waals surface area contributed by atoms with Crippen LogP contribution in [0, 0.1) is 15.8 Å². The molecular weight excluding hydrogens is 727 g/mol. The van der Waals surface area contributed by atoms with Gasteiger partial charge >= 0.3 is 0 Å². The highest BCUT2D eigenvalue weighted by molar-refractivity contribution is 7.86. The zero-order valence-electron chi connectivity index (χ0n) is 28.4. The molecule has 18 heteroatoms. The number of unbranched alkanes of at least 4 members (excludes halogenated alkanes) is 2. The minimum Gasteiger partial charge on any atom is -0.375 e. The summed E-state index contributed by atoms with van der Waals surface area (Å²) in [6, 6.07) is 17.3. The molecule has 5 rings (SSSR count). The normalized spacial score (nSPS) is 12.3. The number of nitrogens with two attached hydrogens (primary N) is 1. The largest absolute Gasteiger partial charge is 0.375 e. The predicted molar refractivity (Wildman–Crippen MR) is 199 cm³/mol. The minimum absolute atomic E-state index is 0.00457. The molecule has 0 saturated heterocycles. The Balaban J connectivity index is 1.40. The van der Waals surface area contributed by atoms with Crippen LogP contribution in [0.25, 0.3) is 10.8 Å². The standard InChI is InChI=1S/C35H37N7O9S2/c1-42(18-6-2-3-9-30(43)38-17-16-36)23-13-10-21(11-14-23)40-41-22-12-15-26(28(19-22)52(46,47)48)39-27-20-29(53(49,50)51)33(37)32-31(27)34(44)24-7-4-5-8-25(24)35(32)45/h4-5,7-8,10-15,19-20,37,40-41H,2-3,6,9,16-18,36H2,1H3,(H,38,43)(H,46,47,48)(H,49,50,51). The zero-order chi connectivity index (χ0) is 38.5. The number of nitrogens with one attached hydrogen (secondary N) is 4. The van der Waals surface area contributed by atoms with Crippen molar-refractivity contribution in [3.63, 3.8) is 0 Å². The maximum Gasteiger partial charge on any atom is 0.296 e. The van der Waals surface area contributed by atoms with Crippen LogP contribution in [0.5, 0.6) is 0 Å². The van der Waals surface area contributed by atoms with Gasteiger partial charge in [0.15, 0.2) is 10.9 Å². The highest BCUT2D eigenvalue weighted by atomic mass is 32.2. The molecule has 16 nitrogen and oxygen atoms in total. The molecule has 0 radical (unpaired) electrons. The first-order valence-electron chi connectivity index (χ1n) is 16.3. The minimum atomic E-state index is -5.11. The van der Waals surface area contributed by atoms with Crippen LogP contribution < -0.4 is 48.4 Å². The molecule has 1 amide bonds. The fourth-order valence-corrected chi connectivity index (χ4v) is 7.02. The summed E-state index contributed by atoms with van der Waals surface area (Å²) in [6.07, 6.45) is 3.01. The highest BCUT2D eigenvalue weighted by Crippen LogP contribution is 2.28. The first-order valence-corrected chi connectivity index (χ1v) is 19.2. The van der Waals surface area contributed by atoms with E-state index in [0.29, 0.717) is 31.3 Å². The number of hydrogen-bond donors (Lipinski definition) is 7. The molecule has 2 aliphatic rings. The summed E-state index contributed by atoms with van der Waals surface area (Å²) in [4.78, 5) is 43.2. The number of amides is 1. The summed E-state index contributed by atoms with van der Waals surface area (Å²) < 4.78 is 69.5. The van der Waals surface area contributed by atoms with Gasteiger partial charge < -0.3 is 26.8 Å². The summed E-state index contributed by atoms with van der Waals surface area (Å²) in [5.74, 6) is -0.00457. The predicted octanol–water partition coefficient (Wildman–Crippen LogP) is 1.88. The lowest BCUT2D eigenvalue weighted by atomic mass is 10.0. The maximum atomic E-state index is 13.6. The lowest BCUT2D eigenvalue weighted by Gasteiger charge is -2.20. The smallest absolute Gasteiger partial charge is 0.296 e. The van der Waals surface area contributed by atoms with E-state index in [1.807, 2.05) is 19.2 Å². The first kappa shape index (κ1) is 38.7. The molecule has 0 heterocycles. The molecule has 0 bridgehead atoms. The van der Waals surface area contributed by atoms with E-state index in [1.54, 1.807) is 12.1 Å². The van der Waals surface area contributed by atoms with Gasteiger partial charge in [-0.2, -0.15) is 16.8 Å². The lowest BCUT2D eigenvalue weighted by Crippen LogP contribution is -2.32. The fourth-order valence-electron chi connectivity index (χ4n) is 5.75. The van der Waals surface area contributed by atoms with Crippen molar-refractivity contribution in [1.29, 1.82) is 5.41 Å². The van der Waals surface area contributed by atoms with Crippen LogP contribution >= 0.6 is 0 Å². The Hall–Kier alpha value is -5.53. The monoisotopic (exact) mass is 763 g/mol. The van der Waals surface area contributed by atoms with Crippen molar-refractivity contribution >= 4 is 59.7 Å². The molecule has 3 aromatic carbocycles. The first-order chi connectivity index (χ1) is 25.1. The van der Waals surface area contributed by atoms with Crippen molar-refractivity contribution in [2.75, 3.05) is 42.4 Å². The average Bonchev–Trinajstić information content (AvgIpc) is 3.12. The molecule has 0 atom stereocenters. The summed E-state index contributed by atoms with van der Waals surface area (Å²) >= 11 is 0. The average molecular weight is 764 g/mol. The van der Waals surface area contributed by atoms with Crippen LogP contribution in [-0.2, 0) is 25.0 Å². The van der Waals surface area contributed by atoms with Gasteiger partial charge in [0.25, 0.3) is 20.2 Å². The van der Waals surface area contributed by atoms with Gasteiger partial charge in [-0.15, -0.1) is 0 Å². The van der Waals surface area contributed by atoms with Crippen LogP contribution in [0.4, 0.5) is 22.7 Å². The number of hydrogen-bond acceptors (Lipinski definition) is 13. The van der Waals surface area contributed by atoms with Crippen LogP contribution in [0.2, 0.25) is 0 Å². The number of benzene rings is 3. The molecule has 0 aliphatic heterocycles. The van der Waals surface area contributed by atoms with E-state index in [1.165, 1.54) is 36.4 Å². The van der Waals surface area contributed by atoms with E-state index in [2.05, 4.69) is 26.1 Å². The topological polar surface area (TPSA) is 262 Å². The number of rotatable bonds is 15. The third-order valence-electron chi connectivity index (χ3n) is 8.42. The van der Waals surface area contributed by atoms with Gasteiger partial charge in [0.2, 0.25) is 5.91 Å². The van der Waals surface area contributed by atoms with Crippen LogP contribution in [0.15, 0.2) is 97.2 Å². The quantitative estimate of drug-likeness (QED) is 0.0457. The van der Waals surface area contributed by atoms with E-state index in [-0.39, 0.29) is 22.4 Å². The maximum absolute atomic E-state index is 13.6. The van der Waals surface area contributed by atoms with Crippen molar-refractivity contribution in [1.82, 2.24) is 5.32 Å². The van der Waals surface area contributed by atoms with E-state index in [0.717, 1.165) is 37.6 Å². The van der Waals surface area contributed by atoms with Crippen molar-refractivity contribution in [2.24, 2.45) is 10.7 Å². The Bertz CT molecular complexity index is 2700. The molecule has 2 aliphatic carbocycles. The van der Waals surface area contributed by atoms with Gasteiger partial charge in [0, 0.05) is 49.6 Å². The van der Waals surface area contributed by atoms with Crippen LogP contribution in [-0.4, -0.2) is 58.5 Å². The van der Waals surface area contributed by atoms with E-state index < -0.39 is 67.7 Å². The number of anilines is 3. The number of carbonyl (C=O) groups is 1. The third kappa shape index (κ3) is 8.93. The highest BCUT2D eigenvalue weighted by Gasteiger charge is 2.21. The van der Waals surface area contributed by atoms with Crippen molar-refractivity contribution < 1.29 is 30.7 Å². The van der Waals surface area contributed by atoms with Gasteiger partial charge in [0.05, 0.1) is 38.2 Å². The van der Waals surface area contributed by atoms with Gasteiger partial charge in [-0.05, 0) is 61.4 Å². The van der Waals surface area contributed by atoms with Gasteiger partial charge in [-0.1, -0.05) is 30.7 Å². The Morgan fingerprint density at radius 2 is 1.42 bits per heavy atom. The van der Waals surface area contributed by atoms with Crippen LogP contribution in [0.3, 0.4) is 0 Å². The molecular formula is C35H37N7O9S2. The Morgan fingerprint density at radius 1 is 0.811 bits per heavy atom. The van der Waals surface area contributed by atoms with Crippen molar-refractivity contribution in [2.45, 2.75) is 35.5 Å². The summed E-state index contributed by atoms with van der Waals surface area (Å²) in [6.45, 7) is 1.65. The van der Waals surface area contributed by atoms with Gasteiger partial charge in [0.1, 0.15) is 9.79 Å². The molecule has 0 unspecified atom stereocenters. The molecule has 53 heavy (non-hydrogen) atoms. The van der Waals surface area contributed by atoms with E-state index >= 15 is 0 Å². The molecule has 0 aromatic heterocycles. The van der Waals surface area contributed by atoms with E-state index in [9.17, 15) is 40.3 Å². The Kier molecular flexibility index (Phi) is 11.7. The molecule has 0 spiro atoms. The van der Waals surface area contributed by atoms with E-state index in [4.69, 9.17) is 11.1 Å². The lowest BCUT2D eigenvalue weighted by molar-refractivity contribution is -0.121. The molecule has 278 valence electrons. The molecule has 0 saturated carbocycles. The Labute approximate surface area is 303 Å². The number of carbonyl (C=O) groups excluding carboxylic acids is 1. The van der Waals surface area contributed by atoms with Gasteiger partial charge in [-0.25, -0.2) is 4.99 Å². The second kappa shape index (κ2) is 16.0. The van der Waals surface area contributed by atoms with Gasteiger partial charge in [-0.3, -0.25) is 28.9 Å². The fraction of sp³-hybridized carbons (Fsp3) is 0.229. The van der Waals surface area contributed by atoms with Crippen molar-refractivity contribution in [3.8, 4) is 0 Å². The summed E-state index contributed by atoms with van der Waals surface area (Å²) in [7, 11) is -8.15. The number of nitrogens with zero attached hydrogens (tertiary/aromatic N) is 2.